The van der Waals surface area contributed by atoms with Gasteiger partial charge in [0.25, 0.3) is 0 Å². The van der Waals surface area contributed by atoms with Crippen LogP contribution in [0.3, 0.4) is 0 Å². The first kappa shape index (κ1) is 42.1. The van der Waals surface area contributed by atoms with Crippen molar-refractivity contribution < 1.29 is 41.4 Å². The molecule has 0 fully saturated rings. The van der Waals surface area contributed by atoms with Crippen molar-refractivity contribution in [1.29, 1.82) is 0 Å². The molecule has 0 aliphatic rings. The van der Waals surface area contributed by atoms with Gasteiger partial charge in [0.2, 0.25) is 0 Å². The fourth-order valence-corrected chi connectivity index (χ4v) is 4.54. The third-order valence-corrected chi connectivity index (χ3v) is 7.40. The van der Waals surface area contributed by atoms with Gasteiger partial charge in [0.15, 0.2) is 13.2 Å². The molecule has 0 rings (SSSR count). The van der Waals surface area contributed by atoms with Crippen molar-refractivity contribution in [2.75, 3.05) is 13.2 Å². The van der Waals surface area contributed by atoms with Crippen LogP contribution in [-0.4, -0.2) is 47.5 Å². The molecule has 0 amide bonds. The van der Waals surface area contributed by atoms with Crippen molar-refractivity contribution in [1.82, 2.24) is 0 Å². The van der Waals surface area contributed by atoms with Crippen molar-refractivity contribution in [3.63, 3.8) is 0 Å². The summed E-state index contributed by atoms with van der Waals surface area (Å²) in [7, 11) is -3.35. The summed E-state index contributed by atoms with van der Waals surface area (Å²) < 4.78 is 78.2. The second-order valence-electron chi connectivity index (χ2n) is 12.0. The molecule has 0 aliphatic carbocycles. The van der Waals surface area contributed by atoms with Crippen LogP contribution in [0.5, 0.6) is 0 Å². The predicted molar refractivity (Wildman–Crippen MR) is 172 cm³/mol. The minimum Gasteiger partial charge on any atom is -0.383 e. The van der Waals surface area contributed by atoms with Gasteiger partial charge >= 0.3 is 20.1 Å². The number of halogens is 4. The average Bonchev–Trinajstić information content (AvgIpc) is 2.90. The zero-order valence-corrected chi connectivity index (χ0v) is 28.7. The lowest BCUT2D eigenvalue weighted by Crippen LogP contribution is -2.37. The Labute approximate surface area is 263 Å². The summed E-state index contributed by atoms with van der Waals surface area (Å²) in [6.45, 7) is 12.4. The number of aliphatic hydroxyl groups is 2. The van der Waals surface area contributed by atoms with Gasteiger partial charge in [-0.3, -0.25) is 0 Å². The highest BCUT2D eigenvalue weighted by Crippen LogP contribution is 2.33. The molecule has 2 unspecified atom stereocenters. The predicted octanol–water partition coefficient (Wildman–Crippen LogP) is 10.5. The Morgan fingerprint density at radius 3 is 1.20 bits per heavy atom. The van der Waals surface area contributed by atoms with E-state index < -0.39 is 45.5 Å². The maximum Gasteiger partial charge on any atom is 0.697 e. The largest absolute Gasteiger partial charge is 0.697 e. The zero-order valence-electron chi connectivity index (χ0n) is 27.8. The molecule has 0 radical (unpaired) electrons. The minimum atomic E-state index is -3.83. The van der Waals surface area contributed by atoms with Gasteiger partial charge in [0.05, 0.1) is 0 Å². The van der Waals surface area contributed by atoms with Crippen LogP contribution in [0.1, 0.15) is 107 Å². The van der Waals surface area contributed by atoms with Crippen LogP contribution in [0.25, 0.3) is 0 Å². The Hall–Kier alpha value is -1.90. The Morgan fingerprint density at radius 1 is 0.591 bits per heavy atom. The SMILES string of the molecule is CC(C)=CCC/C(C)=C/CC/C(C)=C/C(O)C(F)(F)CO[P+](=O)OCC(F)(F)C(O)/C=C(\C)CC/C=C(\C)CCC=C(C)C. The van der Waals surface area contributed by atoms with Crippen LogP contribution in [0.15, 0.2) is 69.9 Å². The van der Waals surface area contributed by atoms with Crippen molar-refractivity contribution in [3.05, 3.63) is 69.9 Å². The molecular formula is C34H54F4O5P+. The van der Waals surface area contributed by atoms with E-state index in [-0.39, 0.29) is 0 Å². The summed E-state index contributed by atoms with van der Waals surface area (Å²) in [5, 5.41) is 19.9. The fourth-order valence-electron chi connectivity index (χ4n) is 3.91. The maximum atomic E-state index is 14.4. The zero-order chi connectivity index (χ0) is 33.9. The molecule has 0 aromatic carbocycles. The molecule has 0 bridgehead atoms. The molecule has 0 heterocycles. The summed E-state index contributed by atoms with van der Waals surface area (Å²) in [6.07, 6.45) is 11.8. The highest BCUT2D eigenvalue weighted by Gasteiger charge is 2.45. The van der Waals surface area contributed by atoms with E-state index in [9.17, 15) is 32.3 Å². The normalized spacial score (nSPS) is 15.6. The minimum absolute atomic E-state index is 0.462. The summed E-state index contributed by atoms with van der Waals surface area (Å²) >= 11 is 0. The second-order valence-corrected chi connectivity index (χ2v) is 13.0. The van der Waals surface area contributed by atoms with Gasteiger partial charge in [-0.2, -0.15) is 0 Å². The number of alkyl halides is 4. The van der Waals surface area contributed by atoms with E-state index in [0.717, 1.165) is 37.8 Å². The molecule has 0 aromatic heterocycles. The first-order valence-electron chi connectivity index (χ1n) is 15.1. The van der Waals surface area contributed by atoms with E-state index in [1.165, 1.54) is 22.3 Å². The van der Waals surface area contributed by atoms with Gasteiger partial charge in [-0.05, 0) is 107 Å². The van der Waals surface area contributed by atoms with E-state index in [4.69, 9.17) is 0 Å². The molecule has 44 heavy (non-hydrogen) atoms. The molecule has 2 N–H and O–H groups in total. The monoisotopic (exact) mass is 649 g/mol. The number of hydrogen-bond donors (Lipinski definition) is 2. The lowest BCUT2D eigenvalue weighted by atomic mass is 10.0. The third-order valence-electron chi connectivity index (χ3n) is 6.72. The molecular weight excluding hydrogens is 595 g/mol. The van der Waals surface area contributed by atoms with Crippen LogP contribution in [0, 0.1) is 0 Å². The highest BCUT2D eigenvalue weighted by molar-refractivity contribution is 7.33. The van der Waals surface area contributed by atoms with E-state index in [1.807, 2.05) is 53.7 Å². The standard InChI is InChI=1S/C34H54F4O5P/c1-25(2)13-9-15-27(5)17-11-19-29(7)21-31(39)33(35,36)23-42-44(41)43-24-34(37,38)32(40)22-30(8)20-12-18-28(6)16-10-14-26(3)4/h13-14,17-18,21-22,31-32,39-40H,9-12,15-16,19-20,23-24H2,1-8H3/q+1/b27-17+,28-18+,29-21+,30-22+. The van der Waals surface area contributed by atoms with Gasteiger partial charge < -0.3 is 10.2 Å². The third kappa shape index (κ3) is 20.9. The van der Waals surface area contributed by atoms with Crippen LogP contribution in [-0.2, 0) is 13.6 Å². The second kappa shape index (κ2) is 21.8. The smallest absolute Gasteiger partial charge is 0.383 e. The van der Waals surface area contributed by atoms with Gasteiger partial charge in [0, 0.05) is 4.57 Å². The van der Waals surface area contributed by atoms with E-state index in [2.05, 4.69) is 21.2 Å². The summed E-state index contributed by atoms with van der Waals surface area (Å²) in [6, 6.07) is 0. The van der Waals surface area contributed by atoms with Crippen molar-refractivity contribution in [2.45, 2.75) is 131 Å². The maximum absolute atomic E-state index is 14.4. The summed E-state index contributed by atoms with van der Waals surface area (Å²) in [5.41, 5.74) is 5.94. The molecule has 10 heteroatoms. The molecule has 0 aromatic rings. The molecule has 0 aliphatic heterocycles. The number of aliphatic hydroxyl groups excluding tert-OH is 2. The van der Waals surface area contributed by atoms with Crippen molar-refractivity contribution in [3.8, 4) is 0 Å². The van der Waals surface area contributed by atoms with Crippen LogP contribution in [0.4, 0.5) is 17.6 Å². The number of rotatable bonds is 22. The summed E-state index contributed by atoms with van der Waals surface area (Å²) in [5.74, 6) is -7.65. The van der Waals surface area contributed by atoms with Crippen LogP contribution in [0.2, 0.25) is 0 Å². The Bertz CT molecular complexity index is 984. The first-order valence-corrected chi connectivity index (χ1v) is 16.2. The molecule has 252 valence electrons. The topological polar surface area (TPSA) is 76.0 Å². The fraction of sp³-hybridized carbons (Fsp3) is 0.647. The van der Waals surface area contributed by atoms with Gasteiger partial charge in [0.1, 0.15) is 12.2 Å². The van der Waals surface area contributed by atoms with Crippen LogP contribution < -0.4 is 0 Å². The average molecular weight is 650 g/mol. The first-order chi connectivity index (χ1) is 20.4. The van der Waals surface area contributed by atoms with Crippen LogP contribution >= 0.6 is 8.25 Å². The summed E-state index contributed by atoms with van der Waals surface area (Å²) in [4.78, 5) is 0. The Morgan fingerprint density at radius 2 is 0.886 bits per heavy atom. The van der Waals surface area contributed by atoms with E-state index in [0.29, 0.717) is 36.8 Å². The Kier molecular flexibility index (Phi) is 20.8. The van der Waals surface area contributed by atoms with Gasteiger partial charge in [-0.25, -0.2) is 17.6 Å². The Balaban J connectivity index is 4.71. The van der Waals surface area contributed by atoms with Gasteiger partial charge in [-0.1, -0.05) is 69.9 Å². The van der Waals surface area contributed by atoms with Gasteiger partial charge in [-0.15, -0.1) is 9.05 Å². The molecule has 5 nitrogen and oxygen atoms in total. The quantitative estimate of drug-likeness (QED) is 0.0693. The van der Waals surface area contributed by atoms with E-state index >= 15 is 0 Å². The molecule has 0 saturated heterocycles. The molecule has 0 saturated carbocycles. The molecule has 2 atom stereocenters. The highest BCUT2D eigenvalue weighted by atomic mass is 31.1. The number of hydrogen-bond acceptors (Lipinski definition) is 5. The lowest BCUT2D eigenvalue weighted by molar-refractivity contribution is -0.122. The van der Waals surface area contributed by atoms with E-state index in [1.54, 1.807) is 13.8 Å². The number of allylic oxidation sites excluding steroid dienone is 10. The van der Waals surface area contributed by atoms with Crippen molar-refractivity contribution in [2.24, 2.45) is 0 Å². The van der Waals surface area contributed by atoms with Crippen molar-refractivity contribution >= 4 is 8.25 Å². The molecule has 0 spiro atoms. The lowest BCUT2D eigenvalue weighted by Gasteiger charge is -2.19.